The molecule has 0 aliphatic rings. The summed E-state index contributed by atoms with van der Waals surface area (Å²) in [5.41, 5.74) is 5.01. The predicted molar refractivity (Wildman–Crippen MR) is 55.3 cm³/mol. The van der Waals surface area contributed by atoms with Crippen LogP contribution in [0.3, 0.4) is 0 Å². The Morgan fingerprint density at radius 1 is 1.13 bits per heavy atom. The van der Waals surface area contributed by atoms with Crippen LogP contribution >= 0.6 is 15.2 Å². The van der Waals surface area contributed by atoms with Crippen molar-refractivity contribution in [2.45, 2.75) is 17.9 Å². The molecule has 0 saturated heterocycles. The number of nitrogens with two attached hydrogens (primary N) is 1. The quantitative estimate of drug-likeness (QED) is 0.263. The molecule has 0 aliphatic heterocycles. The van der Waals surface area contributed by atoms with Crippen LogP contribution in [0.5, 0.6) is 0 Å². The Morgan fingerprint density at radius 3 is 1.67 bits per heavy atom. The van der Waals surface area contributed by atoms with Crippen LogP contribution in [0.25, 0.3) is 0 Å². The van der Waals surface area contributed by atoms with Crippen molar-refractivity contribution >= 4 is 38.2 Å². The summed E-state index contributed by atoms with van der Waals surface area (Å²) in [4.78, 5) is 34.5. The summed E-state index contributed by atoms with van der Waals surface area (Å²) in [5, 5.41) is 5.91. The van der Waals surface area contributed by atoms with Gasteiger partial charge in [0, 0.05) is 6.42 Å². The predicted octanol–water partition coefficient (Wildman–Crippen LogP) is -1.43. The zero-order valence-corrected chi connectivity index (χ0v) is 11.1. The smallest absolute Gasteiger partial charge is 1.00 e. The molecular formula is C4H15MgNO7P2. The van der Waals surface area contributed by atoms with Crippen molar-refractivity contribution in [3.8, 4) is 0 Å². The van der Waals surface area contributed by atoms with Crippen molar-refractivity contribution in [2.75, 3.05) is 6.54 Å². The van der Waals surface area contributed by atoms with Gasteiger partial charge in [0.1, 0.15) is 0 Å². The van der Waals surface area contributed by atoms with Gasteiger partial charge >= 0.3 is 38.2 Å². The molecule has 0 unspecified atom stereocenters. The topological polar surface area (TPSA) is 161 Å². The van der Waals surface area contributed by atoms with E-state index in [0.717, 1.165) is 0 Å². The molecule has 0 heterocycles. The fourth-order valence-corrected chi connectivity index (χ4v) is 3.06. The van der Waals surface area contributed by atoms with Gasteiger partial charge in [-0.2, -0.15) is 0 Å². The summed E-state index contributed by atoms with van der Waals surface area (Å²) in [6.07, 6.45) is -0.856. The molecule has 0 fully saturated rings. The third-order valence-electron chi connectivity index (χ3n) is 1.65. The first-order valence-corrected chi connectivity index (χ1v) is 6.82. The van der Waals surface area contributed by atoms with Gasteiger partial charge in [-0.3, -0.25) is 9.13 Å². The first kappa shape index (κ1) is 18.4. The van der Waals surface area contributed by atoms with Crippen LogP contribution in [0.4, 0.5) is 0 Å². The number of hydrogen-bond donors (Lipinski definition) is 6. The fourth-order valence-electron chi connectivity index (χ4n) is 0.800. The summed E-state index contributed by atoms with van der Waals surface area (Å²) >= 11 is 0. The van der Waals surface area contributed by atoms with Gasteiger partial charge in [0.05, 0.1) is 0 Å². The Labute approximate surface area is 105 Å². The van der Waals surface area contributed by atoms with Crippen molar-refractivity contribution in [1.29, 1.82) is 0 Å². The van der Waals surface area contributed by atoms with Crippen molar-refractivity contribution in [3.05, 3.63) is 0 Å². The van der Waals surface area contributed by atoms with Gasteiger partial charge in [-0.1, -0.05) is 0 Å². The molecule has 0 aromatic carbocycles. The molecule has 0 aliphatic carbocycles. The SMILES string of the molecule is NCCCC(O)(P(=O)(O)O)P(=O)(O)O.[H-].[H-].[Mg+2]. The van der Waals surface area contributed by atoms with Crippen LogP contribution in [0.2, 0.25) is 0 Å². The molecule has 15 heavy (non-hydrogen) atoms. The third kappa shape index (κ3) is 4.39. The third-order valence-corrected chi connectivity index (χ3v) is 5.53. The minimum Gasteiger partial charge on any atom is -1.00 e. The second-order valence-corrected chi connectivity index (χ2v) is 6.76. The van der Waals surface area contributed by atoms with E-state index in [1.54, 1.807) is 0 Å². The van der Waals surface area contributed by atoms with Gasteiger partial charge in [-0.25, -0.2) is 0 Å². The molecule has 90 valence electrons. The average molecular weight is 275 g/mol. The zero-order chi connectivity index (χ0) is 11.6. The molecule has 11 heteroatoms. The van der Waals surface area contributed by atoms with Gasteiger partial charge in [-0.15, -0.1) is 0 Å². The van der Waals surface area contributed by atoms with E-state index < -0.39 is 26.7 Å². The minimum absolute atomic E-state index is 0. The molecule has 0 rings (SSSR count). The van der Waals surface area contributed by atoms with Crippen molar-refractivity contribution < 1.29 is 36.7 Å². The van der Waals surface area contributed by atoms with Gasteiger partial charge in [0.2, 0.25) is 0 Å². The standard InChI is InChI=1S/C4H13NO7P2.Mg.2H/c5-3-1-2-4(6,13(7,8)9)14(10,11)12;;;/h6H,1-3,5H2,(H2,7,8,9)(H2,10,11,12);;;/q;+2;2*-1. The minimum atomic E-state index is -5.30. The molecule has 0 aromatic heterocycles. The van der Waals surface area contributed by atoms with Crippen LogP contribution in [0, 0.1) is 0 Å². The second-order valence-electron chi connectivity index (χ2n) is 2.75. The Kier molecular flexibility index (Phi) is 7.42. The van der Waals surface area contributed by atoms with Crippen molar-refractivity contribution in [3.63, 3.8) is 0 Å². The number of rotatable bonds is 5. The van der Waals surface area contributed by atoms with Crippen LogP contribution in [-0.4, -0.2) is 59.4 Å². The van der Waals surface area contributed by atoms with E-state index in [-0.39, 0.29) is 38.9 Å². The summed E-state index contributed by atoms with van der Waals surface area (Å²) in [5.74, 6) is 0. The normalized spacial score (nSPS) is 13.5. The largest absolute Gasteiger partial charge is 2.00 e. The summed E-state index contributed by atoms with van der Waals surface area (Å²) < 4.78 is 21.4. The Bertz CT molecular complexity index is 272. The van der Waals surface area contributed by atoms with Crippen LogP contribution in [0.15, 0.2) is 0 Å². The molecule has 7 N–H and O–H groups in total. The second kappa shape index (κ2) is 6.06. The van der Waals surface area contributed by atoms with E-state index in [0.29, 0.717) is 0 Å². The maximum Gasteiger partial charge on any atom is 2.00 e. The van der Waals surface area contributed by atoms with Crippen LogP contribution in [0.1, 0.15) is 15.7 Å². The summed E-state index contributed by atoms with van der Waals surface area (Å²) in [6, 6.07) is 0. The molecular weight excluding hydrogens is 260 g/mol. The van der Waals surface area contributed by atoms with Gasteiger partial charge < -0.3 is 33.3 Å². The van der Waals surface area contributed by atoms with E-state index in [1.165, 1.54) is 0 Å². The van der Waals surface area contributed by atoms with Crippen molar-refractivity contribution in [1.82, 2.24) is 0 Å². The van der Waals surface area contributed by atoms with Crippen molar-refractivity contribution in [2.24, 2.45) is 5.73 Å². The van der Waals surface area contributed by atoms with E-state index >= 15 is 0 Å². The van der Waals surface area contributed by atoms with Crippen LogP contribution in [-0.2, 0) is 9.13 Å². The van der Waals surface area contributed by atoms with Gasteiger partial charge in [0.25, 0.3) is 5.08 Å². The molecule has 0 bridgehead atoms. The molecule has 0 saturated carbocycles. The number of aliphatic hydroxyl groups is 1. The Balaban J connectivity index is -0.000000282. The molecule has 0 atom stereocenters. The molecule has 0 amide bonds. The zero-order valence-electron chi connectivity index (χ0n) is 9.85. The molecule has 0 aromatic rings. The maximum atomic E-state index is 10.7. The Hall–Kier alpha value is 0.986. The van der Waals surface area contributed by atoms with E-state index in [4.69, 9.17) is 25.3 Å². The van der Waals surface area contributed by atoms with Gasteiger partial charge in [0.15, 0.2) is 0 Å². The first-order chi connectivity index (χ1) is 6.06. The first-order valence-electron chi connectivity index (χ1n) is 3.60. The molecule has 0 spiro atoms. The van der Waals surface area contributed by atoms with E-state index in [9.17, 15) is 14.2 Å². The van der Waals surface area contributed by atoms with Gasteiger partial charge in [-0.05, 0) is 13.0 Å². The molecule has 0 radical (unpaired) electrons. The average Bonchev–Trinajstić information content (AvgIpc) is 1.95. The van der Waals surface area contributed by atoms with E-state index in [2.05, 4.69) is 0 Å². The monoisotopic (exact) mass is 275 g/mol. The fraction of sp³-hybridized carbons (Fsp3) is 1.00. The summed E-state index contributed by atoms with van der Waals surface area (Å²) in [6.45, 7) is -0.0394. The Morgan fingerprint density at radius 2 is 1.47 bits per heavy atom. The van der Waals surface area contributed by atoms with E-state index in [1.807, 2.05) is 0 Å². The maximum absolute atomic E-state index is 10.7. The number of hydrogen-bond acceptors (Lipinski definition) is 4. The summed E-state index contributed by atoms with van der Waals surface area (Å²) in [7, 11) is -10.6. The van der Waals surface area contributed by atoms with Crippen LogP contribution < -0.4 is 5.73 Å². The molecule has 8 nitrogen and oxygen atoms in total.